The monoisotopic (exact) mass is 160 g/mol. The second kappa shape index (κ2) is 3.39. The summed E-state index contributed by atoms with van der Waals surface area (Å²) in [6, 6.07) is 10.0. The molecule has 1 fully saturated rings. The van der Waals surface area contributed by atoms with Crippen LogP contribution >= 0.6 is 0 Å². The SMILES string of the molecule is c1ccc(NN=C2CCC2)cc1. The molecule has 0 heterocycles. The maximum Gasteiger partial charge on any atom is 0.0561 e. The quantitative estimate of drug-likeness (QED) is 0.661. The summed E-state index contributed by atoms with van der Waals surface area (Å²) in [4.78, 5) is 0. The van der Waals surface area contributed by atoms with E-state index in [-0.39, 0.29) is 0 Å². The molecule has 0 bridgehead atoms. The lowest BCUT2D eigenvalue weighted by molar-refractivity contribution is 0.798. The minimum atomic E-state index is 1.07. The third-order valence-electron chi connectivity index (χ3n) is 2.05. The second-order valence-corrected chi connectivity index (χ2v) is 3.01. The predicted octanol–water partition coefficient (Wildman–Crippen LogP) is 2.64. The molecule has 1 saturated carbocycles. The number of hydrogen-bond acceptors (Lipinski definition) is 2. The fourth-order valence-electron chi connectivity index (χ4n) is 1.10. The molecular weight excluding hydrogens is 148 g/mol. The fraction of sp³-hybridized carbons (Fsp3) is 0.300. The van der Waals surface area contributed by atoms with Gasteiger partial charge in [-0.05, 0) is 31.4 Å². The van der Waals surface area contributed by atoms with Gasteiger partial charge in [-0.2, -0.15) is 5.10 Å². The topological polar surface area (TPSA) is 24.4 Å². The van der Waals surface area contributed by atoms with Crippen molar-refractivity contribution in [3.05, 3.63) is 30.3 Å². The maximum absolute atomic E-state index is 4.27. The van der Waals surface area contributed by atoms with E-state index in [0.29, 0.717) is 0 Å². The van der Waals surface area contributed by atoms with Crippen LogP contribution in [0.2, 0.25) is 0 Å². The highest BCUT2D eigenvalue weighted by atomic mass is 15.3. The van der Waals surface area contributed by atoms with Gasteiger partial charge in [-0.3, -0.25) is 5.43 Å². The van der Waals surface area contributed by atoms with E-state index in [2.05, 4.69) is 10.5 Å². The van der Waals surface area contributed by atoms with Gasteiger partial charge >= 0.3 is 0 Å². The fourth-order valence-corrected chi connectivity index (χ4v) is 1.10. The predicted molar refractivity (Wildman–Crippen MR) is 51.4 cm³/mol. The Morgan fingerprint density at radius 2 is 1.83 bits per heavy atom. The van der Waals surface area contributed by atoms with Gasteiger partial charge in [0.25, 0.3) is 0 Å². The van der Waals surface area contributed by atoms with E-state index in [0.717, 1.165) is 5.69 Å². The number of benzene rings is 1. The molecule has 12 heavy (non-hydrogen) atoms. The van der Waals surface area contributed by atoms with E-state index in [9.17, 15) is 0 Å². The molecule has 0 saturated heterocycles. The summed E-state index contributed by atoms with van der Waals surface area (Å²) in [7, 11) is 0. The highest BCUT2D eigenvalue weighted by Gasteiger charge is 2.09. The Kier molecular flexibility index (Phi) is 2.08. The Morgan fingerprint density at radius 1 is 1.08 bits per heavy atom. The lowest BCUT2D eigenvalue weighted by atomic mass is 9.98. The third kappa shape index (κ3) is 1.64. The molecule has 2 heteroatoms. The van der Waals surface area contributed by atoms with E-state index < -0.39 is 0 Å². The standard InChI is InChI=1S/C10H12N2/c1-2-5-9(6-3-1)11-12-10-7-4-8-10/h1-3,5-6,11H,4,7-8H2. The first-order valence-corrected chi connectivity index (χ1v) is 4.32. The van der Waals surface area contributed by atoms with Gasteiger partial charge in [0, 0.05) is 5.71 Å². The molecule has 1 aliphatic carbocycles. The largest absolute Gasteiger partial charge is 0.279 e. The van der Waals surface area contributed by atoms with Crippen LogP contribution in [-0.2, 0) is 0 Å². The molecule has 0 amide bonds. The molecule has 0 atom stereocenters. The van der Waals surface area contributed by atoms with Crippen LogP contribution in [0.3, 0.4) is 0 Å². The molecule has 2 rings (SSSR count). The Hall–Kier alpha value is -1.31. The van der Waals surface area contributed by atoms with Crippen LogP contribution in [0.1, 0.15) is 19.3 Å². The summed E-state index contributed by atoms with van der Waals surface area (Å²) in [5.41, 5.74) is 5.39. The number of hydrogen-bond donors (Lipinski definition) is 1. The molecule has 0 spiro atoms. The zero-order valence-electron chi connectivity index (χ0n) is 6.96. The molecular formula is C10H12N2. The third-order valence-corrected chi connectivity index (χ3v) is 2.05. The van der Waals surface area contributed by atoms with Gasteiger partial charge < -0.3 is 0 Å². The number of hydrazone groups is 1. The van der Waals surface area contributed by atoms with Crippen LogP contribution in [0.15, 0.2) is 35.4 Å². The zero-order valence-corrected chi connectivity index (χ0v) is 6.96. The summed E-state index contributed by atoms with van der Waals surface area (Å²) in [6.07, 6.45) is 3.63. The highest BCUT2D eigenvalue weighted by Crippen LogP contribution is 2.15. The molecule has 1 N–H and O–H groups in total. The van der Waals surface area contributed by atoms with Gasteiger partial charge in [0.05, 0.1) is 5.69 Å². The number of nitrogens with one attached hydrogen (secondary N) is 1. The normalized spacial score (nSPS) is 15.2. The van der Waals surface area contributed by atoms with E-state index in [4.69, 9.17) is 0 Å². The van der Waals surface area contributed by atoms with Crippen molar-refractivity contribution in [3.63, 3.8) is 0 Å². The van der Waals surface area contributed by atoms with Crippen molar-refractivity contribution < 1.29 is 0 Å². The van der Waals surface area contributed by atoms with Gasteiger partial charge in [-0.1, -0.05) is 18.2 Å². The van der Waals surface area contributed by atoms with Crippen molar-refractivity contribution in [2.75, 3.05) is 5.43 Å². The summed E-state index contributed by atoms with van der Waals surface area (Å²) >= 11 is 0. The Morgan fingerprint density at radius 3 is 2.42 bits per heavy atom. The molecule has 0 aliphatic heterocycles. The van der Waals surface area contributed by atoms with Crippen molar-refractivity contribution in [2.45, 2.75) is 19.3 Å². The number of nitrogens with zero attached hydrogens (tertiary/aromatic N) is 1. The minimum absolute atomic E-state index is 1.07. The van der Waals surface area contributed by atoms with Gasteiger partial charge in [0.2, 0.25) is 0 Å². The smallest absolute Gasteiger partial charge is 0.0561 e. The molecule has 2 nitrogen and oxygen atoms in total. The summed E-state index contributed by atoms with van der Waals surface area (Å²) < 4.78 is 0. The summed E-state index contributed by atoms with van der Waals surface area (Å²) in [6.45, 7) is 0. The van der Waals surface area contributed by atoms with E-state index in [1.165, 1.54) is 25.0 Å². The Labute approximate surface area is 72.3 Å². The van der Waals surface area contributed by atoms with Gasteiger partial charge in [0.1, 0.15) is 0 Å². The van der Waals surface area contributed by atoms with Gasteiger partial charge in [0.15, 0.2) is 0 Å². The average Bonchev–Trinajstić information content (AvgIpc) is 2.04. The van der Waals surface area contributed by atoms with Crippen molar-refractivity contribution in [2.24, 2.45) is 5.10 Å². The van der Waals surface area contributed by atoms with Crippen molar-refractivity contribution in [1.82, 2.24) is 0 Å². The summed E-state index contributed by atoms with van der Waals surface area (Å²) in [5, 5.41) is 4.27. The van der Waals surface area contributed by atoms with Crippen molar-refractivity contribution >= 4 is 11.4 Å². The van der Waals surface area contributed by atoms with Crippen LogP contribution in [0.4, 0.5) is 5.69 Å². The zero-order chi connectivity index (χ0) is 8.23. The Bertz CT molecular complexity index is 271. The second-order valence-electron chi connectivity index (χ2n) is 3.01. The van der Waals surface area contributed by atoms with E-state index in [1.54, 1.807) is 0 Å². The first kappa shape index (κ1) is 7.35. The first-order chi connectivity index (χ1) is 5.95. The Balaban J connectivity index is 1.95. The van der Waals surface area contributed by atoms with Crippen molar-refractivity contribution in [1.29, 1.82) is 0 Å². The number of anilines is 1. The first-order valence-electron chi connectivity index (χ1n) is 4.32. The number of para-hydroxylation sites is 1. The molecule has 62 valence electrons. The molecule has 1 aromatic rings. The summed E-state index contributed by atoms with van der Waals surface area (Å²) in [5.74, 6) is 0. The lowest BCUT2D eigenvalue weighted by Crippen LogP contribution is -2.11. The highest BCUT2D eigenvalue weighted by molar-refractivity contribution is 5.89. The molecule has 0 radical (unpaired) electrons. The van der Waals surface area contributed by atoms with Crippen molar-refractivity contribution in [3.8, 4) is 0 Å². The van der Waals surface area contributed by atoms with E-state index in [1.807, 2.05) is 30.3 Å². The van der Waals surface area contributed by atoms with E-state index >= 15 is 0 Å². The molecule has 1 aliphatic rings. The van der Waals surface area contributed by atoms with Crippen LogP contribution in [0.25, 0.3) is 0 Å². The maximum atomic E-state index is 4.27. The average molecular weight is 160 g/mol. The molecule has 0 aromatic heterocycles. The van der Waals surface area contributed by atoms with Crippen LogP contribution in [-0.4, -0.2) is 5.71 Å². The van der Waals surface area contributed by atoms with Crippen LogP contribution in [0, 0.1) is 0 Å². The molecule has 0 unspecified atom stereocenters. The molecule has 1 aromatic carbocycles. The number of rotatable bonds is 2. The lowest BCUT2D eigenvalue weighted by Gasteiger charge is -2.14. The van der Waals surface area contributed by atoms with Gasteiger partial charge in [-0.25, -0.2) is 0 Å². The van der Waals surface area contributed by atoms with Crippen LogP contribution in [0.5, 0.6) is 0 Å². The van der Waals surface area contributed by atoms with Gasteiger partial charge in [-0.15, -0.1) is 0 Å². The van der Waals surface area contributed by atoms with Crippen LogP contribution < -0.4 is 5.43 Å². The minimum Gasteiger partial charge on any atom is -0.279 e.